The third-order valence-electron chi connectivity index (χ3n) is 3.67. The van der Waals surface area contributed by atoms with Crippen LogP contribution in [0.25, 0.3) is 0 Å². The molecule has 1 aromatic carbocycles. The number of likely N-dealkylation sites (tertiary alicyclic amines) is 1. The van der Waals surface area contributed by atoms with Gasteiger partial charge in [0.15, 0.2) is 0 Å². The highest BCUT2D eigenvalue weighted by Gasteiger charge is 2.25. The van der Waals surface area contributed by atoms with Crippen LogP contribution in [0.5, 0.6) is 0 Å². The Labute approximate surface area is 119 Å². The molecular formula is C15H21N3O2. The number of hydrogen-bond donors (Lipinski definition) is 2. The average molecular weight is 275 g/mol. The minimum atomic E-state index is -0.528. The van der Waals surface area contributed by atoms with Crippen molar-refractivity contribution in [2.75, 3.05) is 18.8 Å². The van der Waals surface area contributed by atoms with E-state index in [2.05, 4.69) is 5.32 Å². The molecule has 1 heterocycles. The minimum Gasteiger partial charge on any atom is -0.398 e. The molecule has 3 N–H and O–H groups in total. The summed E-state index contributed by atoms with van der Waals surface area (Å²) in [6.07, 6.45) is 2.08. The van der Waals surface area contributed by atoms with Crippen LogP contribution in [0.4, 0.5) is 5.69 Å². The molecule has 1 unspecified atom stereocenters. The van der Waals surface area contributed by atoms with Crippen molar-refractivity contribution in [3.05, 3.63) is 29.3 Å². The second kappa shape index (κ2) is 5.94. The number of aryl methyl sites for hydroxylation is 1. The van der Waals surface area contributed by atoms with Crippen molar-refractivity contribution in [1.29, 1.82) is 0 Å². The lowest BCUT2D eigenvalue weighted by atomic mass is 10.1. The van der Waals surface area contributed by atoms with Crippen LogP contribution in [-0.2, 0) is 4.79 Å². The van der Waals surface area contributed by atoms with E-state index in [1.54, 1.807) is 24.0 Å². The third-order valence-corrected chi connectivity index (χ3v) is 3.67. The summed E-state index contributed by atoms with van der Waals surface area (Å²) >= 11 is 0. The number of amides is 2. The van der Waals surface area contributed by atoms with Gasteiger partial charge in [0.2, 0.25) is 5.91 Å². The van der Waals surface area contributed by atoms with E-state index in [9.17, 15) is 9.59 Å². The predicted octanol–water partition coefficient (Wildman–Crippen LogP) is 1.32. The number of nitrogens with two attached hydrogens (primary N) is 1. The number of carbonyl (C=O) groups excluding carboxylic acids is 2. The number of hydrogen-bond acceptors (Lipinski definition) is 3. The van der Waals surface area contributed by atoms with Gasteiger partial charge in [-0.1, -0.05) is 12.1 Å². The van der Waals surface area contributed by atoms with Crippen LogP contribution in [0.2, 0.25) is 0 Å². The van der Waals surface area contributed by atoms with E-state index in [1.807, 2.05) is 13.0 Å². The quantitative estimate of drug-likeness (QED) is 0.817. The topological polar surface area (TPSA) is 75.4 Å². The van der Waals surface area contributed by atoms with Crippen molar-refractivity contribution in [3.63, 3.8) is 0 Å². The number of rotatable bonds is 3. The summed E-state index contributed by atoms with van der Waals surface area (Å²) in [5, 5.41) is 2.74. The van der Waals surface area contributed by atoms with E-state index >= 15 is 0 Å². The molecule has 1 fully saturated rings. The maximum Gasteiger partial charge on any atom is 0.254 e. The van der Waals surface area contributed by atoms with E-state index in [-0.39, 0.29) is 11.8 Å². The Kier molecular flexibility index (Phi) is 4.27. The van der Waals surface area contributed by atoms with Gasteiger partial charge in [0, 0.05) is 18.8 Å². The van der Waals surface area contributed by atoms with Crippen LogP contribution in [0.1, 0.15) is 35.7 Å². The Morgan fingerprint density at radius 3 is 2.55 bits per heavy atom. The SMILES string of the molecule is Cc1cccc(N)c1C(=O)NC(C)C(=O)N1CCCC1. The van der Waals surface area contributed by atoms with E-state index in [0.29, 0.717) is 11.3 Å². The number of nitrogen functional groups attached to an aromatic ring is 1. The molecule has 0 bridgehead atoms. The Morgan fingerprint density at radius 1 is 1.30 bits per heavy atom. The zero-order chi connectivity index (χ0) is 14.7. The van der Waals surface area contributed by atoms with Crippen molar-refractivity contribution in [3.8, 4) is 0 Å². The van der Waals surface area contributed by atoms with Crippen LogP contribution in [-0.4, -0.2) is 35.8 Å². The minimum absolute atomic E-state index is 0.0250. The van der Waals surface area contributed by atoms with Crippen LogP contribution < -0.4 is 11.1 Å². The van der Waals surface area contributed by atoms with Crippen molar-refractivity contribution in [2.24, 2.45) is 0 Å². The number of carbonyl (C=O) groups is 2. The number of anilines is 1. The third kappa shape index (κ3) is 2.92. The predicted molar refractivity (Wildman–Crippen MR) is 78.3 cm³/mol. The highest BCUT2D eigenvalue weighted by molar-refractivity contribution is 6.02. The first-order chi connectivity index (χ1) is 9.50. The lowest BCUT2D eigenvalue weighted by Gasteiger charge is -2.21. The molecule has 5 nitrogen and oxygen atoms in total. The van der Waals surface area contributed by atoms with Crippen molar-refractivity contribution < 1.29 is 9.59 Å². The van der Waals surface area contributed by atoms with Gasteiger partial charge in [-0.3, -0.25) is 9.59 Å². The Bertz CT molecular complexity index is 502. The zero-order valence-corrected chi connectivity index (χ0v) is 12.0. The standard InChI is InChI=1S/C15H21N3O2/c1-10-6-5-7-12(16)13(10)14(19)17-11(2)15(20)18-8-3-4-9-18/h5-7,11H,3-4,8-9,16H2,1-2H3,(H,17,19). The van der Waals surface area contributed by atoms with Crippen LogP contribution in [0.15, 0.2) is 18.2 Å². The van der Waals surface area contributed by atoms with E-state index in [0.717, 1.165) is 31.5 Å². The van der Waals surface area contributed by atoms with Gasteiger partial charge < -0.3 is 16.0 Å². The smallest absolute Gasteiger partial charge is 0.254 e. The molecule has 0 radical (unpaired) electrons. The molecule has 5 heteroatoms. The highest BCUT2D eigenvalue weighted by atomic mass is 16.2. The fourth-order valence-electron chi connectivity index (χ4n) is 2.54. The van der Waals surface area contributed by atoms with E-state index in [4.69, 9.17) is 5.73 Å². The molecule has 1 aromatic rings. The Balaban J connectivity index is 2.05. The van der Waals surface area contributed by atoms with Crippen molar-refractivity contribution in [2.45, 2.75) is 32.7 Å². The largest absolute Gasteiger partial charge is 0.398 e. The van der Waals surface area contributed by atoms with Crippen LogP contribution in [0.3, 0.4) is 0 Å². The molecule has 0 aromatic heterocycles. The monoisotopic (exact) mass is 275 g/mol. The molecular weight excluding hydrogens is 254 g/mol. The lowest BCUT2D eigenvalue weighted by molar-refractivity contribution is -0.131. The number of benzene rings is 1. The molecule has 1 aliphatic rings. The summed E-state index contributed by atoms with van der Waals surface area (Å²) in [5.74, 6) is -0.316. The molecule has 1 atom stereocenters. The van der Waals surface area contributed by atoms with Crippen LogP contribution >= 0.6 is 0 Å². The van der Waals surface area contributed by atoms with Crippen LogP contribution in [0, 0.1) is 6.92 Å². The summed E-state index contributed by atoms with van der Waals surface area (Å²) in [4.78, 5) is 26.2. The van der Waals surface area contributed by atoms with Crippen molar-refractivity contribution in [1.82, 2.24) is 10.2 Å². The highest BCUT2D eigenvalue weighted by Crippen LogP contribution is 2.16. The maximum atomic E-state index is 12.3. The van der Waals surface area contributed by atoms with Gasteiger partial charge in [0.25, 0.3) is 5.91 Å². The van der Waals surface area contributed by atoms with E-state index < -0.39 is 6.04 Å². The molecule has 20 heavy (non-hydrogen) atoms. The average Bonchev–Trinajstić information content (AvgIpc) is 2.91. The zero-order valence-electron chi connectivity index (χ0n) is 12.0. The Hall–Kier alpha value is -2.04. The fourth-order valence-corrected chi connectivity index (χ4v) is 2.54. The van der Waals surface area contributed by atoms with Gasteiger partial charge in [0.05, 0.1) is 5.56 Å². The maximum absolute atomic E-state index is 12.3. The molecule has 0 aliphatic carbocycles. The summed E-state index contributed by atoms with van der Waals surface area (Å²) in [5.41, 5.74) is 7.53. The fraction of sp³-hybridized carbons (Fsp3) is 0.467. The second-order valence-electron chi connectivity index (χ2n) is 5.27. The lowest BCUT2D eigenvalue weighted by Crippen LogP contribution is -2.46. The molecule has 108 valence electrons. The summed E-state index contributed by atoms with van der Waals surface area (Å²) in [6.45, 7) is 5.11. The molecule has 2 amide bonds. The first-order valence-electron chi connectivity index (χ1n) is 6.95. The Morgan fingerprint density at radius 2 is 1.95 bits per heavy atom. The van der Waals surface area contributed by atoms with Crippen molar-refractivity contribution >= 4 is 17.5 Å². The summed E-state index contributed by atoms with van der Waals surface area (Å²) in [7, 11) is 0. The van der Waals surface area contributed by atoms with E-state index in [1.165, 1.54) is 0 Å². The summed E-state index contributed by atoms with van der Waals surface area (Å²) < 4.78 is 0. The molecule has 1 aliphatic heterocycles. The molecule has 1 saturated heterocycles. The number of nitrogens with one attached hydrogen (secondary N) is 1. The van der Waals surface area contributed by atoms with Gasteiger partial charge in [0.1, 0.15) is 6.04 Å². The van der Waals surface area contributed by atoms with Gasteiger partial charge in [-0.25, -0.2) is 0 Å². The van der Waals surface area contributed by atoms with Gasteiger partial charge in [-0.15, -0.1) is 0 Å². The normalized spacial score (nSPS) is 16.0. The molecule has 2 rings (SSSR count). The van der Waals surface area contributed by atoms with Gasteiger partial charge in [-0.05, 0) is 38.3 Å². The molecule has 0 saturated carbocycles. The van der Waals surface area contributed by atoms with Gasteiger partial charge in [-0.2, -0.15) is 0 Å². The van der Waals surface area contributed by atoms with Gasteiger partial charge >= 0.3 is 0 Å². The second-order valence-corrected chi connectivity index (χ2v) is 5.27. The molecule has 0 spiro atoms. The number of nitrogens with zero attached hydrogens (tertiary/aromatic N) is 1. The first-order valence-corrected chi connectivity index (χ1v) is 6.95. The summed E-state index contributed by atoms with van der Waals surface area (Å²) in [6, 6.07) is 4.80. The first kappa shape index (κ1) is 14.4.